The molecular formula is C14H10BrFN2O2. The number of rotatable bonds is 3. The van der Waals surface area contributed by atoms with Gasteiger partial charge in [-0.3, -0.25) is 0 Å². The monoisotopic (exact) mass is 336 g/mol. The van der Waals surface area contributed by atoms with E-state index in [1.54, 1.807) is 18.2 Å². The summed E-state index contributed by atoms with van der Waals surface area (Å²) < 4.78 is 24.6. The van der Waals surface area contributed by atoms with Crippen molar-refractivity contribution in [3.05, 3.63) is 46.2 Å². The summed E-state index contributed by atoms with van der Waals surface area (Å²) in [5, 5.41) is 8.81. The molecular weight excluding hydrogens is 327 g/mol. The third-order valence-electron chi connectivity index (χ3n) is 2.61. The number of nitrogens with two attached hydrogens (primary N) is 1. The van der Waals surface area contributed by atoms with Crippen molar-refractivity contribution < 1.29 is 13.9 Å². The van der Waals surface area contributed by atoms with Crippen LogP contribution in [0, 0.1) is 17.1 Å². The van der Waals surface area contributed by atoms with Gasteiger partial charge in [-0.1, -0.05) is 0 Å². The second-order valence-electron chi connectivity index (χ2n) is 3.86. The summed E-state index contributed by atoms with van der Waals surface area (Å²) in [6, 6.07) is 9.53. The molecule has 0 saturated carbocycles. The van der Waals surface area contributed by atoms with Crippen LogP contribution in [0.25, 0.3) is 0 Å². The summed E-state index contributed by atoms with van der Waals surface area (Å²) in [5.74, 6) is 0.129. The Hall–Kier alpha value is -2.26. The van der Waals surface area contributed by atoms with Crippen molar-refractivity contribution in [3.63, 3.8) is 0 Å². The first-order valence-electron chi connectivity index (χ1n) is 5.56. The van der Waals surface area contributed by atoms with E-state index in [0.29, 0.717) is 11.4 Å². The molecule has 2 aromatic carbocycles. The Bertz CT molecular complexity index is 698. The first-order valence-corrected chi connectivity index (χ1v) is 6.35. The Kier molecular flexibility index (Phi) is 4.11. The summed E-state index contributed by atoms with van der Waals surface area (Å²) in [5.41, 5.74) is 6.31. The minimum absolute atomic E-state index is 0.0316. The lowest BCUT2D eigenvalue weighted by molar-refractivity contribution is 0.405. The Morgan fingerprint density at radius 2 is 2.00 bits per heavy atom. The fraction of sp³-hybridized carbons (Fsp3) is 0.0714. The summed E-state index contributed by atoms with van der Waals surface area (Å²) >= 11 is 3.02. The van der Waals surface area contributed by atoms with Crippen LogP contribution in [-0.4, -0.2) is 7.11 Å². The van der Waals surface area contributed by atoms with Gasteiger partial charge in [-0.2, -0.15) is 5.26 Å². The molecule has 0 aliphatic heterocycles. The van der Waals surface area contributed by atoms with Crippen molar-refractivity contribution in [3.8, 4) is 23.3 Å². The highest BCUT2D eigenvalue weighted by molar-refractivity contribution is 9.10. The van der Waals surface area contributed by atoms with Gasteiger partial charge in [0, 0.05) is 6.07 Å². The molecule has 0 radical (unpaired) electrons. The molecule has 0 heterocycles. The van der Waals surface area contributed by atoms with Crippen molar-refractivity contribution in [2.45, 2.75) is 0 Å². The third-order valence-corrected chi connectivity index (χ3v) is 3.38. The number of methoxy groups -OCH3 is 1. The Balaban J connectivity index is 2.41. The second kappa shape index (κ2) is 5.80. The molecule has 0 aromatic heterocycles. The van der Waals surface area contributed by atoms with Crippen molar-refractivity contribution in [2.24, 2.45) is 0 Å². The number of nitrogen functional groups attached to an aromatic ring is 1. The van der Waals surface area contributed by atoms with Gasteiger partial charge in [0.15, 0.2) is 17.3 Å². The summed E-state index contributed by atoms with van der Waals surface area (Å²) in [6.45, 7) is 0. The highest BCUT2D eigenvalue weighted by atomic mass is 79.9. The van der Waals surface area contributed by atoms with Crippen LogP contribution in [0.3, 0.4) is 0 Å². The van der Waals surface area contributed by atoms with E-state index in [9.17, 15) is 4.39 Å². The predicted octanol–water partition coefficient (Wildman–Crippen LogP) is 3.84. The van der Waals surface area contributed by atoms with Crippen LogP contribution in [0.15, 0.2) is 34.8 Å². The van der Waals surface area contributed by atoms with Gasteiger partial charge >= 0.3 is 0 Å². The normalized spacial score (nSPS) is 9.90. The second-order valence-corrected chi connectivity index (χ2v) is 4.65. The first kappa shape index (κ1) is 14.2. The fourth-order valence-corrected chi connectivity index (χ4v) is 1.96. The van der Waals surface area contributed by atoms with Crippen LogP contribution in [-0.2, 0) is 0 Å². The summed E-state index contributed by atoms with van der Waals surface area (Å²) in [7, 11) is 1.51. The highest BCUT2D eigenvalue weighted by Gasteiger charge is 2.14. The molecule has 0 atom stereocenters. The van der Waals surface area contributed by atoms with E-state index in [1.165, 1.54) is 19.2 Å². The minimum Gasteiger partial charge on any atom is -0.497 e. The molecule has 0 saturated heterocycles. The highest BCUT2D eigenvalue weighted by Crippen LogP contribution is 2.35. The topological polar surface area (TPSA) is 68.3 Å². The molecule has 0 amide bonds. The van der Waals surface area contributed by atoms with E-state index < -0.39 is 5.82 Å². The number of ether oxygens (including phenoxy) is 2. The van der Waals surface area contributed by atoms with Crippen molar-refractivity contribution in [1.29, 1.82) is 5.26 Å². The molecule has 4 nitrogen and oxygen atoms in total. The van der Waals surface area contributed by atoms with E-state index in [1.807, 2.05) is 6.07 Å². The third kappa shape index (κ3) is 2.68. The van der Waals surface area contributed by atoms with Crippen molar-refractivity contribution >= 4 is 21.6 Å². The number of nitrogens with zero attached hydrogens (tertiary/aromatic N) is 1. The average Bonchev–Trinajstić information content (AvgIpc) is 2.46. The van der Waals surface area contributed by atoms with Gasteiger partial charge < -0.3 is 15.2 Å². The molecule has 0 aliphatic rings. The van der Waals surface area contributed by atoms with Crippen LogP contribution >= 0.6 is 15.9 Å². The zero-order chi connectivity index (χ0) is 14.7. The molecule has 2 N–H and O–H groups in total. The van der Waals surface area contributed by atoms with E-state index in [4.69, 9.17) is 20.5 Å². The van der Waals surface area contributed by atoms with Crippen molar-refractivity contribution in [2.75, 3.05) is 12.8 Å². The van der Waals surface area contributed by atoms with Crippen LogP contribution < -0.4 is 15.2 Å². The van der Waals surface area contributed by atoms with Gasteiger partial charge in [-0.05, 0) is 40.2 Å². The zero-order valence-electron chi connectivity index (χ0n) is 10.5. The first-order chi connectivity index (χ1) is 9.56. The maximum atomic E-state index is 14.1. The van der Waals surface area contributed by atoms with E-state index in [-0.39, 0.29) is 21.5 Å². The maximum absolute atomic E-state index is 14.1. The molecule has 0 aliphatic carbocycles. The van der Waals surface area contributed by atoms with Gasteiger partial charge in [0.25, 0.3) is 0 Å². The number of anilines is 1. The molecule has 0 fully saturated rings. The summed E-state index contributed by atoms with van der Waals surface area (Å²) in [6.07, 6.45) is 0. The van der Waals surface area contributed by atoms with Gasteiger partial charge in [-0.15, -0.1) is 0 Å². The molecule has 2 aromatic rings. The molecule has 0 spiro atoms. The van der Waals surface area contributed by atoms with E-state index in [0.717, 1.165) is 0 Å². The van der Waals surface area contributed by atoms with E-state index >= 15 is 0 Å². The van der Waals surface area contributed by atoms with Gasteiger partial charge in [-0.25, -0.2) is 4.39 Å². The molecule has 0 bridgehead atoms. The van der Waals surface area contributed by atoms with Gasteiger partial charge in [0.05, 0.1) is 22.8 Å². The number of hydrogen-bond acceptors (Lipinski definition) is 4. The molecule has 6 heteroatoms. The maximum Gasteiger partial charge on any atom is 0.181 e. The summed E-state index contributed by atoms with van der Waals surface area (Å²) in [4.78, 5) is 0. The standard InChI is InChI=1S/C14H10BrFN2O2/c1-19-9-3-4-10(18)12(6-9)20-11-5-2-8(7-17)13(15)14(11)16/h2-6H,18H2,1H3. The lowest BCUT2D eigenvalue weighted by atomic mass is 10.2. The number of nitriles is 1. The largest absolute Gasteiger partial charge is 0.497 e. The lowest BCUT2D eigenvalue weighted by Crippen LogP contribution is -1.96. The number of halogens is 2. The molecule has 20 heavy (non-hydrogen) atoms. The average molecular weight is 337 g/mol. The number of benzene rings is 2. The molecule has 0 unspecified atom stereocenters. The minimum atomic E-state index is -0.661. The number of hydrogen-bond donors (Lipinski definition) is 1. The quantitative estimate of drug-likeness (QED) is 0.864. The van der Waals surface area contributed by atoms with Gasteiger partial charge in [0.2, 0.25) is 0 Å². The van der Waals surface area contributed by atoms with Crippen LogP contribution in [0.5, 0.6) is 17.2 Å². The predicted molar refractivity (Wildman–Crippen MR) is 76.3 cm³/mol. The Morgan fingerprint density at radius 3 is 2.65 bits per heavy atom. The van der Waals surface area contributed by atoms with E-state index in [2.05, 4.69) is 15.9 Å². The van der Waals surface area contributed by atoms with Crippen LogP contribution in [0.2, 0.25) is 0 Å². The Labute approximate surface area is 123 Å². The lowest BCUT2D eigenvalue weighted by Gasteiger charge is -2.11. The molecule has 2 rings (SSSR count). The fourth-order valence-electron chi connectivity index (χ4n) is 1.55. The van der Waals surface area contributed by atoms with Crippen molar-refractivity contribution in [1.82, 2.24) is 0 Å². The Morgan fingerprint density at radius 1 is 1.25 bits per heavy atom. The smallest absolute Gasteiger partial charge is 0.181 e. The van der Waals surface area contributed by atoms with Gasteiger partial charge in [0.1, 0.15) is 11.8 Å². The van der Waals surface area contributed by atoms with Crippen LogP contribution in [0.4, 0.5) is 10.1 Å². The molecule has 102 valence electrons. The van der Waals surface area contributed by atoms with Crippen LogP contribution in [0.1, 0.15) is 5.56 Å². The zero-order valence-corrected chi connectivity index (χ0v) is 12.1. The SMILES string of the molecule is COc1ccc(N)c(Oc2ccc(C#N)c(Br)c2F)c1.